The monoisotopic (exact) mass is 336 g/mol. The standard InChI is InChI=1S/C18H28N2O4/c1-19(2)14-18(23)8-5-10-20(11-9-18)12-15-6-3-4-7-16(15)24-13-17(21)22/h3-4,6-7,23H,5,8-14H2,1-2H3,(H,21,22)/t18-/m0/s1. The van der Waals surface area contributed by atoms with Crippen molar-refractivity contribution in [2.75, 3.05) is 40.3 Å². The van der Waals surface area contributed by atoms with Gasteiger partial charge in [-0.15, -0.1) is 0 Å². The van der Waals surface area contributed by atoms with E-state index in [9.17, 15) is 9.90 Å². The number of hydrogen-bond acceptors (Lipinski definition) is 5. The van der Waals surface area contributed by atoms with Crippen LogP contribution >= 0.6 is 0 Å². The highest BCUT2D eigenvalue weighted by molar-refractivity contribution is 5.68. The lowest BCUT2D eigenvalue weighted by Gasteiger charge is -2.30. The second kappa shape index (κ2) is 8.46. The van der Waals surface area contributed by atoms with E-state index in [4.69, 9.17) is 9.84 Å². The van der Waals surface area contributed by atoms with Crippen LogP contribution in [0.2, 0.25) is 0 Å². The molecule has 2 rings (SSSR count). The molecule has 1 aliphatic rings. The first-order valence-corrected chi connectivity index (χ1v) is 8.40. The van der Waals surface area contributed by atoms with Gasteiger partial charge in [-0.3, -0.25) is 4.90 Å². The normalized spacial score (nSPS) is 22.3. The number of nitrogens with zero attached hydrogens (tertiary/aromatic N) is 2. The van der Waals surface area contributed by atoms with Crippen LogP contribution in [0, 0.1) is 0 Å². The van der Waals surface area contributed by atoms with Crippen molar-refractivity contribution in [2.24, 2.45) is 0 Å². The number of carboxylic acids is 1. The number of para-hydroxylation sites is 1. The second-order valence-corrected chi connectivity index (χ2v) is 6.88. The number of likely N-dealkylation sites (N-methyl/N-ethyl adjacent to an activating group) is 1. The third-order valence-electron chi connectivity index (χ3n) is 4.34. The first-order valence-electron chi connectivity index (χ1n) is 8.40. The molecular formula is C18H28N2O4. The van der Waals surface area contributed by atoms with E-state index in [1.807, 2.05) is 37.2 Å². The van der Waals surface area contributed by atoms with E-state index in [2.05, 4.69) is 4.90 Å². The van der Waals surface area contributed by atoms with Crippen molar-refractivity contribution in [2.45, 2.75) is 31.4 Å². The Morgan fingerprint density at radius 2 is 2.04 bits per heavy atom. The van der Waals surface area contributed by atoms with E-state index in [1.165, 1.54) is 0 Å². The van der Waals surface area contributed by atoms with Crippen LogP contribution in [0.15, 0.2) is 24.3 Å². The fraction of sp³-hybridized carbons (Fsp3) is 0.611. The highest BCUT2D eigenvalue weighted by Gasteiger charge is 2.30. The SMILES string of the molecule is CN(C)C[C@]1(O)CCCN(Cc2ccccc2OCC(=O)O)CC1. The van der Waals surface area contributed by atoms with Crippen LogP contribution < -0.4 is 4.74 Å². The lowest BCUT2D eigenvalue weighted by Crippen LogP contribution is -2.40. The molecule has 6 heteroatoms. The van der Waals surface area contributed by atoms with Crippen molar-refractivity contribution in [1.29, 1.82) is 0 Å². The summed E-state index contributed by atoms with van der Waals surface area (Å²) in [5, 5.41) is 19.5. The van der Waals surface area contributed by atoms with E-state index >= 15 is 0 Å². The summed E-state index contributed by atoms with van der Waals surface area (Å²) in [4.78, 5) is 15.0. The molecule has 1 saturated heterocycles. The van der Waals surface area contributed by atoms with Gasteiger partial charge in [-0.25, -0.2) is 4.79 Å². The third kappa shape index (κ3) is 5.78. The van der Waals surface area contributed by atoms with Crippen LogP contribution in [0.1, 0.15) is 24.8 Å². The maximum absolute atomic E-state index is 10.7. The highest BCUT2D eigenvalue weighted by Crippen LogP contribution is 2.26. The molecule has 2 N–H and O–H groups in total. The predicted octanol–water partition coefficient (Wildman–Crippen LogP) is 1.43. The zero-order valence-corrected chi connectivity index (χ0v) is 14.6. The molecule has 0 amide bonds. The van der Waals surface area contributed by atoms with Gasteiger partial charge in [0.05, 0.1) is 5.60 Å². The van der Waals surface area contributed by atoms with Crippen molar-refractivity contribution in [3.8, 4) is 5.75 Å². The molecule has 24 heavy (non-hydrogen) atoms. The Morgan fingerprint density at radius 3 is 2.75 bits per heavy atom. The lowest BCUT2D eigenvalue weighted by molar-refractivity contribution is -0.139. The maximum atomic E-state index is 10.7. The summed E-state index contributed by atoms with van der Waals surface area (Å²) < 4.78 is 5.38. The number of carboxylic acid groups (broad SMARTS) is 1. The molecule has 6 nitrogen and oxygen atoms in total. The van der Waals surface area contributed by atoms with Crippen LogP contribution in [-0.2, 0) is 11.3 Å². The van der Waals surface area contributed by atoms with Gasteiger partial charge in [0.15, 0.2) is 6.61 Å². The topological polar surface area (TPSA) is 73.2 Å². The van der Waals surface area contributed by atoms with Gasteiger partial charge < -0.3 is 19.8 Å². The molecule has 1 aliphatic heterocycles. The van der Waals surface area contributed by atoms with Gasteiger partial charge in [0.1, 0.15) is 5.75 Å². The maximum Gasteiger partial charge on any atom is 0.341 e. The number of rotatable bonds is 7. The average Bonchev–Trinajstić information content (AvgIpc) is 2.67. The van der Waals surface area contributed by atoms with E-state index in [0.717, 1.165) is 37.9 Å². The quantitative estimate of drug-likeness (QED) is 0.785. The van der Waals surface area contributed by atoms with Crippen LogP contribution in [0.4, 0.5) is 0 Å². The summed E-state index contributed by atoms with van der Waals surface area (Å²) in [5.74, 6) is -0.360. The highest BCUT2D eigenvalue weighted by atomic mass is 16.5. The molecule has 0 aromatic heterocycles. The number of ether oxygens (including phenoxy) is 1. The van der Waals surface area contributed by atoms with Crippen molar-refractivity contribution < 1.29 is 19.7 Å². The summed E-state index contributed by atoms with van der Waals surface area (Å²) in [6, 6.07) is 7.55. The average molecular weight is 336 g/mol. The van der Waals surface area contributed by atoms with Gasteiger partial charge in [-0.1, -0.05) is 18.2 Å². The van der Waals surface area contributed by atoms with E-state index < -0.39 is 11.6 Å². The zero-order chi connectivity index (χ0) is 17.6. The fourth-order valence-electron chi connectivity index (χ4n) is 3.30. The van der Waals surface area contributed by atoms with E-state index in [-0.39, 0.29) is 6.61 Å². The number of carbonyl (C=O) groups is 1. The number of aliphatic carboxylic acids is 1. The number of likely N-dealkylation sites (tertiary alicyclic amines) is 1. The fourth-order valence-corrected chi connectivity index (χ4v) is 3.30. The zero-order valence-electron chi connectivity index (χ0n) is 14.6. The van der Waals surface area contributed by atoms with Crippen molar-refractivity contribution in [3.63, 3.8) is 0 Å². The molecule has 1 fully saturated rings. The van der Waals surface area contributed by atoms with Crippen LogP contribution in [-0.4, -0.2) is 71.9 Å². The summed E-state index contributed by atoms with van der Waals surface area (Å²) >= 11 is 0. The Morgan fingerprint density at radius 1 is 1.29 bits per heavy atom. The molecular weight excluding hydrogens is 308 g/mol. The molecule has 134 valence electrons. The minimum absolute atomic E-state index is 0.334. The summed E-state index contributed by atoms with van der Waals surface area (Å²) in [5.41, 5.74) is 0.356. The van der Waals surface area contributed by atoms with E-state index in [0.29, 0.717) is 18.8 Å². The predicted molar refractivity (Wildman–Crippen MR) is 92.2 cm³/mol. The molecule has 1 heterocycles. The Balaban J connectivity index is 1.98. The Labute approximate surface area is 143 Å². The van der Waals surface area contributed by atoms with Crippen LogP contribution in [0.5, 0.6) is 5.75 Å². The summed E-state index contributed by atoms with van der Waals surface area (Å²) in [7, 11) is 3.97. The smallest absolute Gasteiger partial charge is 0.341 e. The van der Waals surface area contributed by atoms with Gasteiger partial charge in [0.25, 0.3) is 0 Å². The third-order valence-corrected chi connectivity index (χ3v) is 4.34. The lowest BCUT2D eigenvalue weighted by atomic mass is 9.94. The molecule has 0 bridgehead atoms. The van der Waals surface area contributed by atoms with Gasteiger partial charge in [0.2, 0.25) is 0 Å². The first kappa shape index (κ1) is 18.7. The second-order valence-electron chi connectivity index (χ2n) is 6.88. The van der Waals surface area contributed by atoms with Crippen LogP contribution in [0.3, 0.4) is 0 Å². The molecule has 1 atom stereocenters. The number of benzene rings is 1. The molecule has 0 radical (unpaired) electrons. The molecule has 0 spiro atoms. The summed E-state index contributed by atoms with van der Waals surface area (Å²) in [6.07, 6.45) is 2.49. The van der Waals surface area contributed by atoms with Crippen molar-refractivity contribution >= 4 is 5.97 Å². The van der Waals surface area contributed by atoms with Crippen molar-refractivity contribution in [1.82, 2.24) is 9.80 Å². The Bertz CT molecular complexity index is 550. The summed E-state index contributed by atoms with van der Waals surface area (Å²) in [6.45, 7) is 2.78. The molecule has 0 unspecified atom stereocenters. The van der Waals surface area contributed by atoms with Gasteiger partial charge in [-0.2, -0.15) is 0 Å². The minimum atomic E-state index is -0.978. The Hall–Kier alpha value is -1.63. The first-order chi connectivity index (χ1) is 11.4. The minimum Gasteiger partial charge on any atom is -0.482 e. The Kier molecular flexibility index (Phi) is 6.60. The van der Waals surface area contributed by atoms with E-state index in [1.54, 1.807) is 6.07 Å². The molecule has 0 aliphatic carbocycles. The van der Waals surface area contributed by atoms with Gasteiger partial charge in [-0.05, 0) is 46.0 Å². The molecule has 0 saturated carbocycles. The molecule has 1 aromatic carbocycles. The van der Waals surface area contributed by atoms with Gasteiger partial charge >= 0.3 is 5.97 Å². The van der Waals surface area contributed by atoms with Crippen molar-refractivity contribution in [3.05, 3.63) is 29.8 Å². The largest absolute Gasteiger partial charge is 0.482 e. The van der Waals surface area contributed by atoms with Crippen LogP contribution in [0.25, 0.3) is 0 Å². The number of aliphatic hydroxyl groups is 1. The molecule has 1 aromatic rings. The van der Waals surface area contributed by atoms with Gasteiger partial charge in [0, 0.05) is 25.2 Å². The number of hydrogen-bond donors (Lipinski definition) is 2.